The summed E-state index contributed by atoms with van der Waals surface area (Å²) in [7, 11) is 0. The highest BCUT2D eigenvalue weighted by Gasteiger charge is 2.46. The van der Waals surface area contributed by atoms with E-state index in [1.807, 2.05) is 61.5 Å². The maximum atomic E-state index is 13.4. The second-order valence-corrected chi connectivity index (χ2v) is 9.85. The van der Waals surface area contributed by atoms with Crippen LogP contribution in [-0.2, 0) is 16.2 Å². The van der Waals surface area contributed by atoms with Gasteiger partial charge in [0.1, 0.15) is 23.9 Å². The summed E-state index contributed by atoms with van der Waals surface area (Å²) in [4.78, 5) is 30.4. The van der Waals surface area contributed by atoms with Crippen LogP contribution >= 0.6 is 11.6 Å². The lowest BCUT2D eigenvalue weighted by Gasteiger charge is -2.28. The summed E-state index contributed by atoms with van der Waals surface area (Å²) in [5.74, 6) is -0.506. The molecule has 210 valence electrons. The van der Waals surface area contributed by atoms with Crippen molar-refractivity contribution in [2.45, 2.75) is 33.4 Å². The average Bonchev–Trinajstić information content (AvgIpc) is 3.23. The van der Waals surface area contributed by atoms with Gasteiger partial charge in [-0.3, -0.25) is 9.59 Å². The van der Waals surface area contributed by atoms with E-state index in [1.54, 1.807) is 23.1 Å². The second kappa shape index (κ2) is 13.5. The number of rotatable bonds is 12. The number of hydrogen-bond acceptors (Lipinski definition) is 6. The van der Waals surface area contributed by atoms with Gasteiger partial charge in [-0.2, -0.15) is 0 Å². The topological polar surface area (TPSA) is 79.3 Å². The molecule has 1 N–H and O–H groups in total. The summed E-state index contributed by atoms with van der Waals surface area (Å²) in [6.45, 7) is 9.40. The minimum absolute atomic E-state index is 0.0303. The van der Waals surface area contributed by atoms with Crippen molar-refractivity contribution >= 4 is 29.1 Å². The molecule has 1 saturated heterocycles. The van der Waals surface area contributed by atoms with E-state index in [0.29, 0.717) is 54.0 Å². The molecule has 1 fully saturated rings. The van der Waals surface area contributed by atoms with Crippen LogP contribution in [0.4, 0.5) is 0 Å². The maximum absolute atomic E-state index is 13.4. The zero-order valence-corrected chi connectivity index (χ0v) is 23.9. The number of carbonyl (C=O) groups is 2. The first kappa shape index (κ1) is 29.2. The molecule has 1 aliphatic heterocycles. The third kappa shape index (κ3) is 6.49. The van der Waals surface area contributed by atoms with Crippen LogP contribution in [0.25, 0.3) is 5.76 Å². The van der Waals surface area contributed by atoms with Crippen molar-refractivity contribution in [3.05, 3.63) is 100 Å². The normalized spacial score (nSPS) is 16.5. The van der Waals surface area contributed by atoms with Crippen LogP contribution in [0.1, 0.15) is 43.5 Å². The molecule has 0 aliphatic carbocycles. The van der Waals surface area contributed by atoms with Crippen molar-refractivity contribution in [1.29, 1.82) is 0 Å². The highest BCUT2D eigenvalue weighted by Crippen LogP contribution is 2.40. The molecule has 1 heterocycles. The van der Waals surface area contributed by atoms with Gasteiger partial charge in [0, 0.05) is 18.7 Å². The molecular weight excluding hydrogens is 528 g/mol. The van der Waals surface area contributed by atoms with Gasteiger partial charge in [-0.25, -0.2) is 0 Å². The van der Waals surface area contributed by atoms with Crippen molar-refractivity contribution in [3.63, 3.8) is 0 Å². The fourth-order valence-corrected chi connectivity index (χ4v) is 5.04. The standard InChI is InChI=1S/C32H35ClN2O5/c1-4-34(5-2)18-19-35-29(23-12-15-25(16-13-23)40-21-22-10-8-7-9-11-22)28(31(37)32(35)38)30(36)24-14-17-27(39-6-3)26(33)20-24/h7-17,20,29,36H,4-6,18-19,21H2,1-3H3/t29-/m0/s1. The minimum Gasteiger partial charge on any atom is -0.507 e. The van der Waals surface area contributed by atoms with E-state index in [2.05, 4.69) is 18.7 Å². The van der Waals surface area contributed by atoms with Crippen LogP contribution in [0.15, 0.2) is 78.4 Å². The van der Waals surface area contributed by atoms with Gasteiger partial charge in [-0.15, -0.1) is 0 Å². The zero-order valence-electron chi connectivity index (χ0n) is 23.1. The number of likely N-dealkylation sites (tertiary alicyclic amines) is 1. The number of ketones is 1. The fourth-order valence-electron chi connectivity index (χ4n) is 4.81. The Morgan fingerprint density at radius 3 is 2.27 bits per heavy atom. The molecule has 3 aromatic rings. The van der Waals surface area contributed by atoms with Crippen LogP contribution in [0.3, 0.4) is 0 Å². The first-order valence-corrected chi connectivity index (χ1v) is 14.0. The molecule has 40 heavy (non-hydrogen) atoms. The summed E-state index contributed by atoms with van der Waals surface area (Å²) in [5, 5.41) is 11.7. The van der Waals surface area contributed by atoms with Crippen molar-refractivity contribution in [2.24, 2.45) is 0 Å². The van der Waals surface area contributed by atoms with Crippen LogP contribution in [0.2, 0.25) is 5.02 Å². The Kier molecular flexibility index (Phi) is 9.85. The molecule has 1 aliphatic rings. The largest absolute Gasteiger partial charge is 0.507 e. The lowest BCUT2D eigenvalue weighted by Crippen LogP contribution is -2.38. The highest BCUT2D eigenvalue weighted by molar-refractivity contribution is 6.46. The molecule has 0 radical (unpaired) electrons. The molecule has 4 rings (SSSR count). The number of hydrogen-bond donors (Lipinski definition) is 1. The molecule has 0 aromatic heterocycles. The SMILES string of the molecule is CCOc1ccc(C(O)=C2C(=O)C(=O)N(CCN(CC)CC)[C@H]2c2ccc(OCc3ccccc3)cc2)cc1Cl. The van der Waals surface area contributed by atoms with Crippen molar-refractivity contribution in [3.8, 4) is 11.5 Å². The molecule has 0 spiro atoms. The lowest BCUT2D eigenvalue weighted by molar-refractivity contribution is -0.140. The molecular formula is C32H35ClN2O5. The number of carbonyl (C=O) groups excluding carboxylic acids is 2. The van der Waals surface area contributed by atoms with Crippen LogP contribution in [-0.4, -0.2) is 59.4 Å². The van der Waals surface area contributed by atoms with Gasteiger partial charge in [0.15, 0.2) is 0 Å². The number of aliphatic hydroxyl groups is 1. The van der Waals surface area contributed by atoms with Gasteiger partial charge in [-0.1, -0.05) is 67.9 Å². The Bertz CT molecular complexity index is 1350. The highest BCUT2D eigenvalue weighted by atomic mass is 35.5. The fraction of sp³-hybridized carbons (Fsp3) is 0.312. The van der Waals surface area contributed by atoms with Crippen molar-refractivity contribution in [1.82, 2.24) is 9.80 Å². The van der Waals surface area contributed by atoms with Gasteiger partial charge in [-0.05, 0) is 61.5 Å². The second-order valence-electron chi connectivity index (χ2n) is 9.44. The summed E-state index contributed by atoms with van der Waals surface area (Å²) in [6, 6.07) is 21.2. The Labute approximate surface area is 240 Å². The number of aliphatic hydroxyl groups excluding tert-OH is 1. The third-order valence-electron chi connectivity index (χ3n) is 7.04. The Balaban J connectivity index is 1.69. The molecule has 0 bridgehead atoms. The summed E-state index contributed by atoms with van der Waals surface area (Å²) < 4.78 is 11.4. The van der Waals surface area contributed by atoms with Crippen molar-refractivity contribution < 1.29 is 24.2 Å². The predicted molar refractivity (Wildman–Crippen MR) is 157 cm³/mol. The van der Waals surface area contributed by atoms with E-state index in [-0.39, 0.29) is 11.3 Å². The van der Waals surface area contributed by atoms with E-state index in [4.69, 9.17) is 21.1 Å². The average molecular weight is 563 g/mol. The van der Waals surface area contributed by atoms with Gasteiger partial charge >= 0.3 is 0 Å². The van der Waals surface area contributed by atoms with Crippen LogP contribution in [0.5, 0.6) is 11.5 Å². The van der Waals surface area contributed by atoms with Gasteiger partial charge in [0.05, 0.1) is 23.2 Å². The first-order chi connectivity index (χ1) is 19.4. The molecule has 3 aromatic carbocycles. The number of benzene rings is 3. The van der Waals surface area contributed by atoms with Gasteiger partial charge < -0.3 is 24.4 Å². The van der Waals surface area contributed by atoms with Crippen molar-refractivity contribution in [2.75, 3.05) is 32.8 Å². The summed E-state index contributed by atoms with van der Waals surface area (Å²) in [6.07, 6.45) is 0. The maximum Gasteiger partial charge on any atom is 0.295 e. The molecule has 1 atom stereocenters. The molecule has 7 nitrogen and oxygen atoms in total. The van der Waals surface area contributed by atoms with Crippen LogP contribution < -0.4 is 9.47 Å². The lowest BCUT2D eigenvalue weighted by atomic mass is 9.95. The minimum atomic E-state index is -0.760. The van der Waals surface area contributed by atoms with E-state index >= 15 is 0 Å². The molecule has 0 unspecified atom stereocenters. The van der Waals surface area contributed by atoms with E-state index in [1.165, 1.54) is 0 Å². The van der Waals surface area contributed by atoms with E-state index < -0.39 is 17.7 Å². The number of likely N-dealkylation sites (N-methyl/N-ethyl adjacent to an activating group) is 1. The number of nitrogens with zero attached hydrogens (tertiary/aromatic N) is 2. The number of amides is 1. The van der Waals surface area contributed by atoms with Gasteiger partial charge in [0.25, 0.3) is 11.7 Å². The Hall–Kier alpha value is -3.81. The van der Waals surface area contributed by atoms with E-state index in [9.17, 15) is 14.7 Å². The zero-order chi connectivity index (χ0) is 28.6. The predicted octanol–water partition coefficient (Wildman–Crippen LogP) is 6.08. The Morgan fingerprint density at radius 1 is 0.950 bits per heavy atom. The number of Topliss-reactive ketones (excluding diaryl/α,β-unsaturated/α-hetero) is 1. The summed E-state index contributed by atoms with van der Waals surface area (Å²) >= 11 is 6.37. The number of ether oxygens (including phenoxy) is 2. The number of halogens is 1. The smallest absolute Gasteiger partial charge is 0.295 e. The van der Waals surface area contributed by atoms with E-state index in [0.717, 1.165) is 18.7 Å². The first-order valence-electron chi connectivity index (χ1n) is 13.6. The monoisotopic (exact) mass is 562 g/mol. The molecule has 8 heteroatoms. The van der Waals surface area contributed by atoms with Gasteiger partial charge in [0.2, 0.25) is 0 Å². The summed E-state index contributed by atoms with van der Waals surface area (Å²) in [5.41, 5.74) is 2.11. The third-order valence-corrected chi connectivity index (χ3v) is 7.34. The Morgan fingerprint density at radius 2 is 1.65 bits per heavy atom. The molecule has 1 amide bonds. The molecule has 0 saturated carbocycles. The van der Waals surface area contributed by atoms with Crippen LogP contribution in [0, 0.1) is 0 Å². The quantitative estimate of drug-likeness (QED) is 0.164.